The highest BCUT2D eigenvalue weighted by Gasteiger charge is 2.06. The Morgan fingerprint density at radius 2 is 2.25 bits per heavy atom. The van der Waals surface area contributed by atoms with Gasteiger partial charge in [-0.05, 0) is 18.2 Å². The highest BCUT2D eigenvalue weighted by Crippen LogP contribution is 2.24. The number of aliphatic hydroxyl groups is 1. The quantitative estimate of drug-likeness (QED) is 0.602. The summed E-state index contributed by atoms with van der Waals surface area (Å²) in [5.41, 5.74) is 6.89. The van der Waals surface area contributed by atoms with E-state index in [0.717, 1.165) is 4.47 Å². The van der Waals surface area contributed by atoms with E-state index in [1.165, 1.54) is 6.08 Å². The molecule has 0 aliphatic carbocycles. The Labute approximate surface area is 79.8 Å². The van der Waals surface area contributed by atoms with Gasteiger partial charge in [-0.1, -0.05) is 22.0 Å². The monoisotopic (exact) mass is 227 g/mol. The van der Waals surface area contributed by atoms with Crippen LogP contribution in [0.1, 0.15) is 11.7 Å². The number of anilines is 1. The molecule has 2 nitrogen and oxygen atoms in total. The Hall–Kier alpha value is -0.800. The van der Waals surface area contributed by atoms with Crippen LogP contribution < -0.4 is 5.73 Å². The molecule has 3 heteroatoms. The lowest BCUT2D eigenvalue weighted by Crippen LogP contribution is -1.98. The lowest BCUT2D eigenvalue weighted by molar-refractivity contribution is 0.230. The lowest BCUT2D eigenvalue weighted by atomic mass is 10.1. The molecule has 0 amide bonds. The molecule has 1 aromatic rings. The van der Waals surface area contributed by atoms with Gasteiger partial charge in [0.1, 0.15) is 0 Å². The average Bonchev–Trinajstić information content (AvgIpc) is 2.08. The first-order valence-electron chi connectivity index (χ1n) is 3.50. The fraction of sp³-hybridized carbons (Fsp3) is 0.111. The molecule has 0 radical (unpaired) electrons. The molecule has 0 heterocycles. The van der Waals surface area contributed by atoms with E-state index in [1.54, 1.807) is 12.1 Å². The maximum atomic E-state index is 9.42. The van der Waals surface area contributed by atoms with Crippen LogP contribution in [-0.4, -0.2) is 5.11 Å². The Kier molecular flexibility index (Phi) is 2.89. The third-order valence-electron chi connectivity index (χ3n) is 1.59. The summed E-state index contributed by atoms with van der Waals surface area (Å²) in [6.07, 6.45) is 0.750. The van der Waals surface area contributed by atoms with Crippen molar-refractivity contribution in [1.82, 2.24) is 0 Å². The molecular formula is C9H10BrNO. The topological polar surface area (TPSA) is 46.2 Å². The first-order valence-corrected chi connectivity index (χ1v) is 4.30. The fourth-order valence-corrected chi connectivity index (χ4v) is 1.31. The van der Waals surface area contributed by atoms with Crippen molar-refractivity contribution in [3.63, 3.8) is 0 Å². The van der Waals surface area contributed by atoms with Gasteiger partial charge in [0, 0.05) is 15.7 Å². The van der Waals surface area contributed by atoms with Crippen LogP contribution in [0.3, 0.4) is 0 Å². The molecule has 0 saturated carbocycles. The Bertz CT molecular complexity index is 299. The summed E-state index contributed by atoms with van der Waals surface area (Å²) in [5.74, 6) is 0. The van der Waals surface area contributed by atoms with Gasteiger partial charge in [-0.3, -0.25) is 0 Å². The zero-order valence-corrected chi connectivity index (χ0v) is 8.08. The summed E-state index contributed by atoms with van der Waals surface area (Å²) in [6, 6.07) is 5.35. The van der Waals surface area contributed by atoms with Crippen molar-refractivity contribution in [3.05, 3.63) is 40.9 Å². The highest BCUT2D eigenvalue weighted by molar-refractivity contribution is 9.10. The summed E-state index contributed by atoms with van der Waals surface area (Å²) >= 11 is 3.29. The van der Waals surface area contributed by atoms with Crippen molar-refractivity contribution >= 4 is 21.6 Å². The second-order valence-electron chi connectivity index (χ2n) is 2.45. The number of halogens is 1. The number of hydrogen-bond donors (Lipinski definition) is 2. The van der Waals surface area contributed by atoms with Gasteiger partial charge >= 0.3 is 0 Å². The molecule has 1 rings (SSSR count). The summed E-state index contributed by atoms with van der Waals surface area (Å²) in [7, 11) is 0. The number of benzene rings is 1. The van der Waals surface area contributed by atoms with Gasteiger partial charge in [0.2, 0.25) is 0 Å². The summed E-state index contributed by atoms with van der Waals surface area (Å²) in [5, 5.41) is 9.42. The SMILES string of the molecule is C=CC(O)c1cc(Br)ccc1N. The molecule has 0 fully saturated rings. The second kappa shape index (κ2) is 3.74. The van der Waals surface area contributed by atoms with Crippen LogP contribution in [0.5, 0.6) is 0 Å². The standard InChI is InChI=1S/C9H10BrNO/c1-2-9(12)7-5-6(10)3-4-8(7)11/h2-5,9,12H,1,11H2. The Morgan fingerprint density at radius 3 is 2.83 bits per heavy atom. The van der Waals surface area contributed by atoms with Crippen LogP contribution in [0.4, 0.5) is 5.69 Å². The molecule has 0 aliphatic rings. The van der Waals surface area contributed by atoms with Crippen LogP contribution in [0, 0.1) is 0 Å². The Morgan fingerprint density at radius 1 is 1.58 bits per heavy atom. The molecule has 1 atom stereocenters. The van der Waals surface area contributed by atoms with Crippen molar-refractivity contribution in [2.45, 2.75) is 6.10 Å². The van der Waals surface area contributed by atoms with E-state index in [0.29, 0.717) is 11.3 Å². The number of hydrogen-bond acceptors (Lipinski definition) is 2. The van der Waals surface area contributed by atoms with E-state index >= 15 is 0 Å². The van der Waals surface area contributed by atoms with Crippen LogP contribution in [0.2, 0.25) is 0 Å². The predicted molar refractivity (Wildman–Crippen MR) is 53.7 cm³/mol. The van der Waals surface area contributed by atoms with E-state index in [4.69, 9.17) is 5.73 Å². The lowest BCUT2D eigenvalue weighted by Gasteiger charge is -2.08. The molecule has 0 aliphatic heterocycles. The average molecular weight is 228 g/mol. The van der Waals surface area contributed by atoms with Crippen LogP contribution >= 0.6 is 15.9 Å². The van der Waals surface area contributed by atoms with E-state index in [1.807, 2.05) is 6.07 Å². The third kappa shape index (κ3) is 1.87. The van der Waals surface area contributed by atoms with Gasteiger partial charge in [0.25, 0.3) is 0 Å². The van der Waals surface area contributed by atoms with Crippen molar-refractivity contribution in [1.29, 1.82) is 0 Å². The molecule has 12 heavy (non-hydrogen) atoms. The van der Waals surface area contributed by atoms with Crippen LogP contribution in [-0.2, 0) is 0 Å². The molecule has 0 spiro atoms. The number of rotatable bonds is 2. The number of nitrogen functional groups attached to an aromatic ring is 1. The first-order chi connectivity index (χ1) is 5.65. The van der Waals surface area contributed by atoms with E-state index in [2.05, 4.69) is 22.5 Å². The van der Waals surface area contributed by atoms with Crippen LogP contribution in [0.25, 0.3) is 0 Å². The predicted octanol–water partition coefficient (Wildman–Crippen LogP) is 2.25. The molecule has 0 saturated heterocycles. The van der Waals surface area contributed by atoms with Gasteiger partial charge in [-0.25, -0.2) is 0 Å². The van der Waals surface area contributed by atoms with Gasteiger partial charge < -0.3 is 10.8 Å². The minimum atomic E-state index is -0.692. The first kappa shape index (κ1) is 9.29. The maximum absolute atomic E-state index is 9.42. The third-order valence-corrected chi connectivity index (χ3v) is 2.08. The molecular weight excluding hydrogens is 218 g/mol. The van der Waals surface area contributed by atoms with Crippen molar-refractivity contribution < 1.29 is 5.11 Å². The smallest absolute Gasteiger partial charge is 0.0989 e. The largest absolute Gasteiger partial charge is 0.398 e. The zero-order valence-electron chi connectivity index (χ0n) is 6.50. The van der Waals surface area contributed by atoms with Crippen LogP contribution in [0.15, 0.2) is 35.3 Å². The summed E-state index contributed by atoms with van der Waals surface area (Å²) < 4.78 is 0.896. The van der Waals surface area contributed by atoms with E-state index in [-0.39, 0.29) is 0 Å². The molecule has 1 aromatic carbocycles. The number of aliphatic hydroxyl groups excluding tert-OH is 1. The summed E-state index contributed by atoms with van der Waals surface area (Å²) in [6.45, 7) is 3.49. The fourth-order valence-electron chi connectivity index (χ4n) is 0.929. The molecule has 0 aromatic heterocycles. The Balaban J connectivity index is 3.12. The van der Waals surface area contributed by atoms with Crippen molar-refractivity contribution in [2.75, 3.05) is 5.73 Å². The molecule has 0 bridgehead atoms. The zero-order chi connectivity index (χ0) is 9.14. The van der Waals surface area contributed by atoms with Gasteiger partial charge in [0.05, 0.1) is 6.10 Å². The maximum Gasteiger partial charge on any atom is 0.0989 e. The second-order valence-corrected chi connectivity index (χ2v) is 3.37. The van der Waals surface area contributed by atoms with E-state index in [9.17, 15) is 5.11 Å². The van der Waals surface area contributed by atoms with Crippen molar-refractivity contribution in [2.24, 2.45) is 0 Å². The highest BCUT2D eigenvalue weighted by atomic mass is 79.9. The minimum Gasteiger partial charge on any atom is -0.398 e. The van der Waals surface area contributed by atoms with Gasteiger partial charge in [-0.15, -0.1) is 6.58 Å². The molecule has 64 valence electrons. The van der Waals surface area contributed by atoms with Gasteiger partial charge in [0.15, 0.2) is 0 Å². The number of nitrogens with two attached hydrogens (primary N) is 1. The minimum absolute atomic E-state index is 0.575. The normalized spacial score (nSPS) is 12.5. The van der Waals surface area contributed by atoms with E-state index < -0.39 is 6.10 Å². The van der Waals surface area contributed by atoms with Gasteiger partial charge in [-0.2, -0.15) is 0 Å². The summed E-state index contributed by atoms with van der Waals surface area (Å²) in [4.78, 5) is 0. The molecule has 3 N–H and O–H groups in total. The molecule has 1 unspecified atom stereocenters. The van der Waals surface area contributed by atoms with Crippen molar-refractivity contribution in [3.8, 4) is 0 Å².